The Morgan fingerprint density at radius 2 is 2.00 bits per heavy atom. The molecule has 8 heteroatoms. The van der Waals surface area contributed by atoms with Crippen LogP contribution in [-0.2, 0) is 4.74 Å². The van der Waals surface area contributed by atoms with E-state index in [1.165, 1.54) is 6.92 Å². The number of esters is 1. The van der Waals surface area contributed by atoms with Crippen LogP contribution >= 0.6 is 0 Å². The molecule has 0 aliphatic rings. The van der Waals surface area contributed by atoms with Crippen LogP contribution in [0.25, 0.3) is 0 Å². The van der Waals surface area contributed by atoms with Crippen molar-refractivity contribution < 1.29 is 27.4 Å². The minimum atomic E-state index is -5.00. The number of rotatable bonds is 2. The van der Waals surface area contributed by atoms with Gasteiger partial charge in [0, 0.05) is 11.8 Å². The zero-order valence-electron chi connectivity index (χ0n) is 8.84. The summed E-state index contributed by atoms with van der Waals surface area (Å²) in [6.07, 6.45) is -5.00. The molecule has 1 heterocycles. The van der Waals surface area contributed by atoms with E-state index in [0.717, 1.165) is 7.11 Å². The number of H-pyrrole nitrogens is 1. The van der Waals surface area contributed by atoms with Crippen LogP contribution in [0.3, 0.4) is 0 Å². The Balaban J connectivity index is 3.24. The maximum absolute atomic E-state index is 11.9. The van der Waals surface area contributed by atoms with E-state index in [0.29, 0.717) is 6.07 Å². The normalized spacial score (nSPS) is 11.1. The number of aromatic amines is 1. The summed E-state index contributed by atoms with van der Waals surface area (Å²) in [5.74, 6) is -1.88. The minimum Gasteiger partial charge on any atom is -0.465 e. The van der Waals surface area contributed by atoms with Gasteiger partial charge in [-0.05, 0) is 6.92 Å². The molecule has 0 bridgehead atoms. The molecule has 0 spiro atoms. The van der Waals surface area contributed by atoms with Crippen LogP contribution in [0.4, 0.5) is 13.2 Å². The minimum absolute atomic E-state index is 0.0939. The van der Waals surface area contributed by atoms with Gasteiger partial charge in [0.15, 0.2) is 5.75 Å². The van der Waals surface area contributed by atoms with Crippen molar-refractivity contribution in [2.24, 2.45) is 0 Å². The van der Waals surface area contributed by atoms with Gasteiger partial charge in [-0.2, -0.15) is 0 Å². The molecule has 0 saturated heterocycles. The van der Waals surface area contributed by atoms with Crippen molar-refractivity contribution in [3.8, 4) is 5.75 Å². The van der Waals surface area contributed by atoms with Crippen LogP contribution in [0.2, 0.25) is 0 Å². The third-order valence-corrected chi connectivity index (χ3v) is 1.84. The Morgan fingerprint density at radius 1 is 1.41 bits per heavy atom. The third-order valence-electron chi connectivity index (χ3n) is 1.84. The molecule has 0 unspecified atom stereocenters. The van der Waals surface area contributed by atoms with Gasteiger partial charge in [-0.15, -0.1) is 13.2 Å². The van der Waals surface area contributed by atoms with E-state index in [9.17, 15) is 22.8 Å². The standard InChI is InChI=1S/C9H8F3NO4/c1-4-5(8(15)16-2)3-6(7(14)13-4)17-9(10,11)12/h3H,1-2H3,(H,13,14). The number of aromatic nitrogens is 1. The number of ether oxygens (including phenoxy) is 2. The Kier molecular flexibility index (Phi) is 3.45. The molecular weight excluding hydrogens is 243 g/mol. The van der Waals surface area contributed by atoms with E-state index >= 15 is 0 Å². The van der Waals surface area contributed by atoms with Crippen LogP contribution in [0.5, 0.6) is 5.75 Å². The number of halogens is 3. The molecule has 1 aromatic heterocycles. The smallest absolute Gasteiger partial charge is 0.465 e. The monoisotopic (exact) mass is 251 g/mol. The lowest BCUT2D eigenvalue weighted by Crippen LogP contribution is -2.24. The molecule has 0 amide bonds. The molecule has 94 valence electrons. The zero-order valence-corrected chi connectivity index (χ0v) is 8.84. The first kappa shape index (κ1) is 13.1. The van der Waals surface area contributed by atoms with Crippen molar-refractivity contribution in [2.45, 2.75) is 13.3 Å². The first-order chi connectivity index (χ1) is 7.74. The van der Waals surface area contributed by atoms with E-state index in [-0.39, 0.29) is 11.3 Å². The van der Waals surface area contributed by atoms with Gasteiger partial charge in [-0.3, -0.25) is 4.79 Å². The fourth-order valence-electron chi connectivity index (χ4n) is 1.13. The molecule has 1 aromatic rings. The van der Waals surface area contributed by atoms with Gasteiger partial charge in [0.25, 0.3) is 5.56 Å². The van der Waals surface area contributed by atoms with Crippen molar-refractivity contribution >= 4 is 5.97 Å². The first-order valence-electron chi connectivity index (χ1n) is 4.32. The van der Waals surface area contributed by atoms with E-state index < -0.39 is 23.6 Å². The van der Waals surface area contributed by atoms with Gasteiger partial charge in [0.1, 0.15) is 0 Å². The Bertz CT molecular complexity index is 492. The molecule has 5 nitrogen and oxygen atoms in total. The number of pyridine rings is 1. The summed E-state index contributed by atoms with van der Waals surface area (Å²) in [7, 11) is 1.07. The van der Waals surface area contributed by atoms with Gasteiger partial charge < -0.3 is 14.5 Å². The van der Waals surface area contributed by atoms with Gasteiger partial charge in [0.2, 0.25) is 0 Å². The van der Waals surface area contributed by atoms with Crippen LogP contribution in [0.1, 0.15) is 16.1 Å². The van der Waals surface area contributed by atoms with Crippen molar-refractivity contribution in [2.75, 3.05) is 7.11 Å². The van der Waals surface area contributed by atoms with Crippen molar-refractivity contribution in [1.82, 2.24) is 4.98 Å². The fourth-order valence-corrected chi connectivity index (χ4v) is 1.13. The van der Waals surface area contributed by atoms with Gasteiger partial charge >= 0.3 is 12.3 Å². The summed E-state index contributed by atoms with van der Waals surface area (Å²) >= 11 is 0. The number of carbonyl (C=O) groups excluding carboxylic acids is 1. The summed E-state index contributed by atoms with van der Waals surface area (Å²) in [5.41, 5.74) is -1.18. The maximum atomic E-state index is 11.9. The Morgan fingerprint density at radius 3 is 2.47 bits per heavy atom. The highest BCUT2D eigenvalue weighted by Crippen LogP contribution is 2.21. The SMILES string of the molecule is COC(=O)c1cc(OC(F)(F)F)c(=O)[nH]c1C. The van der Waals surface area contributed by atoms with Gasteiger partial charge in [0.05, 0.1) is 12.7 Å². The van der Waals surface area contributed by atoms with E-state index in [2.05, 4.69) is 14.5 Å². The molecule has 17 heavy (non-hydrogen) atoms. The molecular formula is C9H8F3NO4. The fraction of sp³-hybridized carbons (Fsp3) is 0.333. The lowest BCUT2D eigenvalue weighted by atomic mass is 10.2. The average Bonchev–Trinajstić information content (AvgIpc) is 2.19. The van der Waals surface area contributed by atoms with Crippen LogP contribution in [-0.4, -0.2) is 24.4 Å². The third kappa shape index (κ3) is 3.23. The molecule has 1 N–H and O–H groups in total. The quantitative estimate of drug-likeness (QED) is 0.806. The molecule has 0 atom stereocenters. The second-order valence-corrected chi connectivity index (χ2v) is 3.04. The molecule has 1 rings (SSSR count). The van der Waals surface area contributed by atoms with Crippen LogP contribution < -0.4 is 10.3 Å². The topological polar surface area (TPSA) is 68.4 Å². The lowest BCUT2D eigenvalue weighted by Gasteiger charge is -2.10. The maximum Gasteiger partial charge on any atom is 0.573 e. The number of carbonyl (C=O) groups is 1. The molecule has 0 aliphatic heterocycles. The zero-order chi connectivity index (χ0) is 13.2. The summed E-state index contributed by atoms with van der Waals surface area (Å²) in [5, 5.41) is 0. The first-order valence-corrected chi connectivity index (χ1v) is 4.32. The highest BCUT2D eigenvalue weighted by atomic mass is 19.4. The number of hydrogen-bond acceptors (Lipinski definition) is 4. The number of alkyl halides is 3. The van der Waals surface area contributed by atoms with Crippen molar-refractivity contribution in [1.29, 1.82) is 0 Å². The number of hydrogen-bond donors (Lipinski definition) is 1. The molecule has 0 fully saturated rings. The summed E-state index contributed by atoms with van der Waals surface area (Å²) in [4.78, 5) is 24.4. The molecule has 0 aliphatic carbocycles. The van der Waals surface area contributed by atoms with Crippen LogP contribution in [0.15, 0.2) is 10.9 Å². The Labute approximate surface area is 93.2 Å². The second-order valence-electron chi connectivity index (χ2n) is 3.04. The van der Waals surface area contributed by atoms with Gasteiger partial charge in [-0.1, -0.05) is 0 Å². The van der Waals surface area contributed by atoms with E-state index in [1.807, 2.05) is 0 Å². The van der Waals surface area contributed by atoms with E-state index in [4.69, 9.17) is 0 Å². The molecule has 0 aromatic carbocycles. The number of methoxy groups -OCH3 is 1. The highest BCUT2D eigenvalue weighted by Gasteiger charge is 2.33. The Hall–Kier alpha value is -1.99. The van der Waals surface area contributed by atoms with E-state index in [1.54, 1.807) is 0 Å². The van der Waals surface area contributed by atoms with Crippen molar-refractivity contribution in [3.63, 3.8) is 0 Å². The summed E-state index contributed by atoms with van der Waals surface area (Å²) in [6, 6.07) is 0.688. The average molecular weight is 251 g/mol. The predicted molar refractivity (Wildman–Crippen MR) is 49.8 cm³/mol. The largest absolute Gasteiger partial charge is 0.573 e. The number of aryl methyl sites for hydroxylation is 1. The van der Waals surface area contributed by atoms with Crippen LogP contribution in [0, 0.1) is 6.92 Å². The molecule has 0 radical (unpaired) electrons. The highest BCUT2D eigenvalue weighted by molar-refractivity contribution is 5.90. The lowest BCUT2D eigenvalue weighted by molar-refractivity contribution is -0.275. The van der Waals surface area contributed by atoms with Gasteiger partial charge in [-0.25, -0.2) is 4.79 Å². The second kappa shape index (κ2) is 4.48. The predicted octanol–water partition coefficient (Wildman–Crippen LogP) is 1.37. The number of nitrogens with one attached hydrogen (secondary N) is 1. The molecule has 0 saturated carbocycles. The summed E-state index contributed by atoms with van der Waals surface area (Å²) < 4.78 is 43.7. The van der Waals surface area contributed by atoms with Crippen molar-refractivity contribution in [3.05, 3.63) is 27.7 Å². The summed E-state index contributed by atoms with van der Waals surface area (Å²) in [6.45, 7) is 1.35.